The van der Waals surface area contributed by atoms with Gasteiger partial charge < -0.3 is 24.2 Å². The second kappa shape index (κ2) is 10.4. The van der Waals surface area contributed by atoms with Gasteiger partial charge in [0.2, 0.25) is 11.8 Å². The van der Waals surface area contributed by atoms with E-state index in [1.807, 2.05) is 34.9 Å². The second-order valence-corrected chi connectivity index (χ2v) is 9.07. The summed E-state index contributed by atoms with van der Waals surface area (Å²) in [6, 6.07) is 14.0. The molecule has 0 bridgehead atoms. The molecule has 34 heavy (non-hydrogen) atoms. The molecule has 4 rings (SSSR count). The predicted octanol–water partition coefficient (Wildman–Crippen LogP) is 3.31. The van der Waals surface area contributed by atoms with Gasteiger partial charge in [0, 0.05) is 62.9 Å². The molecule has 2 heterocycles. The normalized spacial score (nSPS) is 20.4. The fourth-order valence-corrected chi connectivity index (χ4v) is 5.25. The number of para-hydroxylation sites is 1. The van der Waals surface area contributed by atoms with Crippen molar-refractivity contribution < 1.29 is 19.1 Å². The maximum atomic E-state index is 13.8. The van der Waals surface area contributed by atoms with Crippen LogP contribution in [0.15, 0.2) is 42.5 Å². The van der Waals surface area contributed by atoms with E-state index in [-0.39, 0.29) is 23.7 Å². The van der Waals surface area contributed by atoms with E-state index >= 15 is 0 Å². The Hall–Kier alpha value is -3.22. The van der Waals surface area contributed by atoms with Gasteiger partial charge >= 0.3 is 0 Å². The Morgan fingerprint density at radius 2 is 1.68 bits per heavy atom. The van der Waals surface area contributed by atoms with Crippen molar-refractivity contribution in [3.63, 3.8) is 0 Å². The largest absolute Gasteiger partial charge is 0.497 e. The lowest BCUT2D eigenvalue weighted by atomic mass is 9.87. The molecule has 0 aliphatic carbocycles. The van der Waals surface area contributed by atoms with E-state index in [0.29, 0.717) is 38.3 Å². The van der Waals surface area contributed by atoms with Crippen molar-refractivity contribution >= 4 is 17.5 Å². The number of methoxy groups -OCH3 is 2. The number of amides is 2. The molecular weight excluding hydrogens is 430 g/mol. The van der Waals surface area contributed by atoms with Gasteiger partial charge in [0.15, 0.2) is 0 Å². The highest BCUT2D eigenvalue weighted by atomic mass is 16.5. The Morgan fingerprint density at radius 1 is 0.941 bits per heavy atom. The zero-order chi connectivity index (χ0) is 24.2. The molecule has 182 valence electrons. The molecule has 2 fully saturated rings. The molecule has 7 nitrogen and oxygen atoms in total. The van der Waals surface area contributed by atoms with Crippen molar-refractivity contribution in [3.8, 4) is 11.5 Å². The molecule has 2 unspecified atom stereocenters. The number of ether oxygens (including phenoxy) is 2. The number of hydrogen-bond donors (Lipinski definition) is 0. The molecule has 2 aromatic rings. The molecule has 7 heteroatoms. The molecule has 2 amide bonds. The highest BCUT2D eigenvalue weighted by molar-refractivity contribution is 5.84. The van der Waals surface area contributed by atoms with Crippen LogP contribution < -0.4 is 14.4 Å². The Balaban J connectivity index is 1.55. The van der Waals surface area contributed by atoms with Gasteiger partial charge in [0.1, 0.15) is 11.5 Å². The molecule has 2 saturated heterocycles. The Bertz CT molecular complexity index is 1030. The summed E-state index contributed by atoms with van der Waals surface area (Å²) in [6.07, 6.45) is 0.429. The van der Waals surface area contributed by atoms with Crippen LogP contribution in [0.5, 0.6) is 11.5 Å². The number of piperazine rings is 1. The van der Waals surface area contributed by atoms with Gasteiger partial charge in [-0.05, 0) is 36.8 Å². The number of likely N-dealkylation sites (tertiary alicyclic amines) is 1. The van der Waals surface area contributed by atoms with E-state index in [9.17, 15) is 9.59 Å². The quantitative estimate of drug-likeness (QED) is 0.655. The van der Waals surface area contributed by atoms with Crippen molar-refractivity contribution in [2.24, 2.45) is 5.92 Å². The third-order valence-electron chi connectivity index (χ3n) is 7.18. The number of hydrogen-bond acceptors (Lipinski definition) is 5. The fraction of sp³-hybridized carbons (Fsp3) is 0.481. The SMILES string of the molecule is CCC(=O)N1CC(C(=O)N2CCN(c3ccccc3C)CC2)C(c2cc(OC)ccc2OC)C1. The Labute approximate surface area is 202 Å². The first-order valence-corrected chi connectivity index (χ1v) is 12.1. The van der Waals surface area contributed by atoms with Crippen LogP contribution in [0, 0.1) is 12.8 Å². The molecular formula is C27H35N3O4. The topological polar surface area (TPSA) is 62.3 Å². The van der Waals surface area contributed by atoms with Gasteiger partial charge in [-0.3, -0.25) is 9.59 Å². The van der Waals surface area contributed by atoms with Gasteiger partial charge in [0.05, 0.1) is 20.1 Å². The number of rotatable bonds is 6. The van der Waals surface area contributed by atoms with Crippen molar-refractivity contribution in [2.45, 2.75) is 26.2 Å². The molecule has 2 aliphatic heterocycles. The van der Waals surface area contributed by atoms with Gasteiger partial charge in [-0.2, -0.15) is 0 Å². The van der Waals surface area contributed by atoms with E-state index in [1.54, 1.807) is 14.2 Å². The summed E-state index contributed by atoms with van der Waals surface area (Å²) < 4.78 is 11.1. The first kappa shape index (κ1) is 23.9. The molecule has 0 radical (unpaired) electrons. The van der Waals surface area contributed by atoms with Gasteiger partial charge in [-0.15, -0.1) is 0 Å². The van der Waals surface area contributed by atoms with Crippen LogP contribution in [0.1, 0.15) is 30.4 Å². The number of carbonyl (C=O) groups excluding carboxylic acids is 2. The van der Waals surface area contributed by atoms with Crippen molar-refractivity contribution in [1.82, 2.24) is 9.80 Å². The second-order valence-electron chi connectivity index (χ2n) is 9.07. The molecule has 0 spiro atoms. The fourth-order valence-electron chi connectivity index (χ4n) is 5.25. The van der Waals surface area contributed by atoms with Gasteiger partial charge in [-0.25, -0.2) is 0 Å². The van der Waals surface area contributed by atoms with Crippen molar-refractivity contribution in [3.05, 3.63) is 53.6 Å². The van der Waals surface area contributed by atoms with Crippen LogP contribution in [0.2, 0.25) is 0 Å². The smallest absolute Gasteiger partial charge is 0.228 e. The van der Waals surface area contributed by atoms with Crippen LogP contribution in [-0.4, -0.2) is 75.1 Å². The Kier molecular flexibility index (Phi) is 7.29. The minimum absolute atomic E-state index is 0.0755. The summed E-state index contributed by atoms with van der Waals surface area (Å²) in [5, 5.41) is 0. The lowest BCUT2D eigenvalue weighted by Crippen LogP contribution is -2.51. The number of nitrogens with zero attached hydrogens (tertiary/aromatic N) is 3. The van der Waals surface area contributed by atoms with E-state index < -0.39 is 0 Å². The summed E-state index contributed by atoms with van der Waals surface area (Å²) >= 11 is 0. The number of anilines is 1. The zero-order valence-electron chi connectivity index (χ0n) is 20.6. The number of benzene rings is 2. The summed E-state index contributed by atoms with van der Waals surface area (Å²) in [5.41, 5.74) is 3.40. The summed E-state index contributed by atoms with van der Waals surface area (Å²) in [5.74, 6) is 1.19. The molecule has 0 saturated carbocycles. The van der Waals surface area contributed by atoms with Crippen LogP contribution in [0.3, 0.4) is 0 Å². The van der Waals surface area contributed by atoms with Crippen LogP contribution in [-0.2, 0) is 9.59 Å². The predicted molar refractivity (Wildman–Crippen MR) is 133 cm³/mol. The molecule has 2 atom stereocenters. The average Bonchev–Trinajstić information content (AvgIpc) is 3.33. The molecule has 0 N–H and O–H groups in total. The highest BCUT2D eigenvalue weighted by Crippen LogP contribution is 2.40. The maximum absolute atomic E-state index is 13.8. The molecule has 2 aliphatic rings. The van der Waals surface area contributed by atoms with Crippen molar-refractivity contribution in [1.29, 1.82) is 0 Å². The first-order chi connectivity index (χ1) is 16.5. The third-order valence-corrected chi connectivity index (χ3v) is 7.18. The van der Waals surface area contributed by atoms with E-state index in [4.69, 9.17) is 9.47 Å². The van der Waals surface area contributed by atoms with E-state index in [1.165, 1.54) is 11.3 Å². The van der Waals surface area contributed by atoms with Crippen LogP contribution >= 0.6 is 0 Å². The average molecular weight is 466 g/mol. The van der Waals surface area contributed by atoms with Crippen molar-refractivity contribution in [2.75, 3.05) is 58.4 Å². The minimum Gasteiger partial charge on any atom is -0.497 e. The summed E-state index contributed by atoms with van der Waals surface area (Å²) in [7, 11) is 3.26. The van der Waals surface area contributed by atoms with Crippen LogP contribution in [0.4, 0.5) is 5.69 Å². The Morgan fingerprint density at radius 3 is 2.32 bits per heavy atom. The summed E-state index contributed by atoms with van der Waals surface area (Å²) in [4.78, 5) is 32.5. The number of aryl methyl sites for hydroxylation is 1. The van der Waals surface area contributed by atoms with Gasteiger partial charge in [-0.1, -0.05) is 25.1 Å². The monoisotopic (exact) mass is 465 g/mol. The minimum atomic E-state index is -0.304. The van der Waals surface area contributed by atoms with E-state index in [0.717, 1.165) is 24.4 Å². The standard InChI is InChI=1S/C27H35N3O4/c1-5-26(31)30-17-22(21-16-20(33-3)10-11-25(21)34-4)23(18-30)27(32)29-14-12-28(13-15-29)24-9-7-6-8-19(24)2/h6-11,16,22-23H,5,12-15,17-18H2,1-4H3. The molecule has 2 aromatic carbocycles. The summed E-state index contributed by atoms with van der Waals surface area (Å²) in [6.45, 7) is 7.88. The lowest BCUT2D eigenvalue weighted by Gasteiger charge is -2.38. The molecule has 0 aromatic heterocycles. The van der Waals surface area contributed by atoms with Crippen LogP contribution in [0.25, 0.3) is 0 Å². The van der Waals surface area contributed by atoms with E-state index in [2.05, 4.69) is 36.1 Å². The maximum Gasteiger partial charge on any atom is 0.228 e. The lowest BCUT2D eigenvalue weighted by molar-refractivity contribution is -0.136. The van der Waals surface area contributed by atoms with Gasteiger partial charge in [0.25, 0.3) is 0 Å². The first-order valence-electron chi connectivity index (χ1n) is 12.1. The zero-order valence-corrected chi connectivity index (χ0v) is 20.6. The number of carbonyl (C=O) groups is 2. The third kappa shape index (κ3) is 4.69. The highest BCUT2D eigenvalue weighted by Gasteiger charge is 2.43.